The van der Waals surface area contributed by atoms with Crippen molar-refractivity contribution < 1.29 is 0 Å². The van der Waals surface area contributed by atoms with Gasteiger partial charge in [-0.2, -0.15) is 11.8 Å². The highest BCUT2D eigenvalue weighted by atomic mass is 32.2. The summed E-state index contributed by atoms with van der Waals surface area (Å²) in [6.07, 6.45) is 3.17. The van der Waals surface area contributed by atoms with Crippen molar-refractivity contribution in [1.82, 2.24) is 15.0 Å². The molecule has 1 unspecified atom stereocenters. The van der Waals surface area contributed by atoms with Gasteiger partial charge in [0, 0.05) is 11.8 Å². The van der Waals surface area contributed by atoms with E-state index in [0.717, 1.165) is 11.4 Å². The van der Waals surface area contributed by atoms with Crippen LogP contribution >= 0.6 is 11.8 Å². The molecular formula is C8H14N4S. The number of thioether (sulfide) groups is 1. The Balaban J connectivity index is 2.12. The molecule has 2 rings (SSSR count). The minimum absolute atomic E-state index is 0.0113. The third-order valence-corrected chi connectivity index (χ3v) is 3.42. The summed E-state index contributed by atoms with van der Waals surface area (Å²) < 4.78 is 1.96. The van der Waals surface area contributed by atoms with E-state index < -0.39 is 0 Å². The van der Waals surface area contributed by atoms with Crippen LogP contribution in [0.2, 0.25) is 0 Å². The first-order valence-electron chi connectivity index (χ1n) is 4.52. The van der Waals surface area contributed by atoms with Gasteiger partial charge < -0.3 is 5.73 Å². The largest absolute Gasteiger partial charge is 0.323 e. The van der Waals surface area contributed by atoms with Crippen LogP contribution in [0.4, 0.5) is 0 Å². The van der Waals surface area contributed by atoms with Crippen LogP contribution < -0.4 is 5.73 Å². The third kappa shape index (κ3) is 1.86. The van der Waals surface area contributed by atoms with Crippen LogP contribution in [0.5, 0.6) is 0 Å². The average molecular weight is 198 g/mol. The monoisotopic (exact) mass is 198 g/mol. The first-order chi connectivity index (χ1) is 6.27. The Labute approximate surface area is 81.9 Å². The van der Waals surface area contributed by atoms with Crippen molar-refractivity contribution in [1.29, 1.82) is 0 Å². The van der Waals surface area contributed by atoms with E-state index in [4.69, 9.17) is 5.73 Å². The number of nitrogens with two attached hydrogens (primary N) is 1. The van der Waals surface area contributed by atoms with Gasteiger partial charge in [-0.25, -0.2) is 4.68 Å². The smallest absolute Gasteiger partial charge is 0.0991 e. The molecule has 1 aliphatic heterocycles. The topological polar surface area (TPSA) is 56.7 Å². The fourth-order valence-electron chi connectivity index (χ4n) is 1.41. The number of nitrogens with zero attached hydrogens (tertiary/aromatic N) is 3. The summed E-state index contributed by atoms with van der Waals surface area (Å²) in [5.74, 6) is 2.39. The van der Waals surface area contributed by atoms with E-state index in [9.17, 15) is 0 Å². The van der Waals surface area contributed by atoms with Crippen molar-refractivity contribution in [3.05, 3.63) is 11.9 Å². The number of rotatable bonds is 2. The predicted octanol–water partition coefficient (Wildman–Crippen LogP) is 0.976. The van der Waals surface area contributed by atoms with Crippen LogP contribution in [0.25, 0.3) is 0 Å². The lowest BCUT2D eigenvalue weighted by Crippen LogP contribution is -2.08. The maximum absolute atomic E-state index is 5.70. The molecule has 1 aromatic rings. The van der Waals surface area contributed by atoms with Crippen LogP contribution in [-0.4, -0.2) is 26.5 Å². The highest BCUT2D eigenvalue weighted by molar-refractivity contribution is 7.99. The molecule has 0 aliphatic carbocycles. The Kier molecular flexibility index (Phi) is 2.55. The molecule has 1 saturated heterocycles. The molecule has 0 radical (unpaired) electrons. The lowest BCUT2D eigenvalue weighted by Gasteiger charge is -2.06. The van der Waals surface area contributed by atoms with Crippen molar-refractivity contribution in [2.75, 3.05) is 11.5 Å². The summed E-state index contributed by atoms with van der Waals surface area (Å²) in [6.45, 7) is 1.93. The Morgan fingerprint density at radius 1 is 1.77 bits per heavy atom. The molecule has 1 aliphatic rings. The van der Waals surface area contributed by atoms with E-state index in [1.54, 1.807) is 0 Å². The number of aromatic nitrogens is 3. The summed E-state index contributed by atoms with van der Waals surface area (Å²) in [6, 6.07) is 0.521. The van der Waals surface area contributed by atoms with Gasteiger partial charge in [0.15, 0.2) is 0 Å². The van der Waals surface area contributed by atoms with E-state index >= 15 is 0 Å². The molecule has 13 heavy (non-hydrogen) atoms. The zero-order chi connectivity index (χ0) is 9.26. The zero-order valence-corrected chi connectivity index (χ0v) is 8.50. The quantitative estimate of drug-likeness (QED) is 0.769. The van der Waals surface area contributed by atoms with Crippen molar-refractivity contribution in [2.45, 2.75) is 25.4 Å². The van der Waals surface area contributed by atoms with Gasteiger partial charge in [0.2, 0.25) is 0 Å². The van der Waals surface area contributed by atoms with Gasteiger partial charge in [0.1, 0.15) is 0 Å². The first kappa shape index (κ1) is 9.02. The highest BCUT2D eigenvalue weighted by Gasteiger charge is 2.19. The summed E-state index contributed by atoms with van der Waals surface area (Å²) in [5, 5.41) is 8.13. The predicted molar refractivity (Wildman–Crippen MR) is 53.6 cm³/mol. The average Bonchev–Trinajstić information content (AvgIpc) is 2.75. The zero-order valence-electron chi connectivity index (χ0n) is 7.68. The molecule has 2 N–H and O–H groups in total. The summed E-state index contributed by atoms with van der Waals surface area (Å²) in [5.41, 5.74) is 6.59. The van der Waals surface area contributed by atoms with Gasteiger partial charge >= 0.3 is 0 Å². The van der Waals surface area contributed by atoms with E-state index in [1.807, 2.05) is 29.6 Å². The minimum Gasteiger partial charge on any atom is -0.323 e. The van der Waals surface area contributed by atoms with Gasteiger partial charge in [-0.15, -0.1) is 5.10 Å². The Morgan fingerprint density at radius 2 is 2.62 bits per heavy atom. The van der Waals surface area contributed by atoms with Gasteiger partial charge in [0.25, 0.3) is 0 Å². The molecule has 0 aromatic carbocycles. The molecule has 2 heterocycles. The fraction of sp³-hybridized carbons (Fsp3) is 0.750. The van der Waals surface area contributed by atoms with Gasteiger partial charge in [0.05, 0.1) is 17.9 Å². The van der Waals surface area contributed by atoms with E-state index in [0.29, 0.717) is 6.04 Å². The van der Waals surface area contributed by atoms with Crippen LogP contribution in [0.15, 0.2) is 6.20 Å². The summed E-state index contributed by atoms with van der Waals surface area (Å²) in [4.78, 5) is 0. The lowest BCUT2D eigenvalue weighted by molar-refractivity contribution is 0.486. The molecule has 0 amide bonds. The fourth-order valence-corrected chi connectivity index (χ4v) is 2.61. The van der Waals surface area contributed by atoms with Gasteiger partial charge in [-0.1, -0.05) is 5.21 Å². The number of hydrogen-bond donors (Lipinski definition) is 1. The Morgan fingerprint density at radius 3 is 3.15 bits per heavy atom. The van der Waals surface area contributed by atoms with E-state index in [2.05, 4.69) is 10.3 Å². The van der Waals surface area contributed by atoms with Crippen molar-refractivity contribution >= 4 is 11.8 Å². The maximum Gasteiger partial charge on any atom is 0.0991 e. The molecule has 4 nitrogen and oxygen atoms in total. The highest BCUT2D eigenvalue weighted by Crippen LogP contribution is 2.27. The lowest BCUT2D eigenvalue weighted by atomic mass is 10.2. The Hall–Kier alpha value is -0.550. The molecule has 0 bridgehead atoms. The molecule has 1 aromatic heterocycles. The minimum atomic E-state index is -0.0113. The standard InChI is InChI=1S/C8H14N4S/c1-6(9)8-4-12(11-10-8)7-2-3-13-5-7/h4,6-7H,2-3,5,9H2,1H3/t6-,7?/m1/s1. The second-order valence-electron chi connectivity index (χ2n) is 3.43. The SMILES string of the molecule is C[C@@H](N)c1cn(C2CCSC2)nn1. The second-order valence-corrected chi connectivity index (χ2v) is 4.58. The van der Waals surface area contributed by atoms with E-state index in [1.165, 1.54) is 12.2 Å². The van der Waals surface area contributed by atoms with Crippen molar-refractivity contribution in [2.24, 2.45) is 5.73 Å². The molecule has 0 saturated carbocycles. The second kappa shape index (κ2) is 3.67. The molecule has 2 atom stereocenters. The maximum atomic E-state index is 5.70. The molecule has 1 fully saturated rings. The molecule has 72 valence electrons. The van der Waals surface area contributed by atoms with Crippen LogP contribution in [-0.2, 0) is 0 Å². The summed E-state index contributed by atoms with van der Waals surface area (Å²) in [7, 11) is 0. The van der Waals surface area contributed by atoms with Crippen molar-refractivity contribution in [3.63, 3.8) is 0 Å². The van der Waals surface area contributed by atoms with Crippen molar-refractivity contribution in [3.8, 4) is 0 Å². The number of hydrogen-bond acceptors (Lipinski definition) is 4. The Bertz CT molecular complexity index is 277. The molecular weight excluding hydrogens is 184 g/mol. The van der Waals surface area contributed by atoms with Gasteiger partial charge in [-0.3, -0.25) is 0 Å². The molecule has 5 heteroatoms. The third-order valence-electron chi connectivity index (χ3n) is 2.27. The van der Waals surface area contributed by atoms with Crippen LogP contribution in [0.3, 0.4) is 0 Å². The van der Waals surface area contributed by atoms with Gasteiger partial charge in [-0.05, 0) is 19.1 Å². The normalized spacial score (nSPS) is 24.9. The van der Waals surface area contributed by atoms with Crippen LogP contribution in [0.1, 0.15) is 31.1 Å². The first-order valence-corrected chi connectivity index (χ1v) is 5.68. The molecule has 0 spiro atoms. The van der Waals surface area contributed by atoms with E-state index in [-0.39, 0.29) is 6.04 Å². The summed E-state index contributed by atoms with van der Waals surface area (Å²) >= 11 is 1.97. The van der Waals surface area contributed by atoms with Crippen LogP contribution in [0, 0.1) is 0 Å².